The Morgan fingerprint density at radius 1 is 1.29 bits per heavy atom. The third-order valence-electron chi connectivity index (χ3n) is 3.89. The van der Waals surface area contributed by atoms with Crippen LogP contribution in [0.3, 0.4) is 0 Å². The Bertz CT molecular complexity index is 186. The van der Waals surface area contributed by atoms with Crippen LogP contribution in [-0.2, 0) is 0 Å². The first-order valence-electron chi connectivity index (χ1n) is 6.12. The fraction of sp³-hybridized carbons (Fsp3) is 1.00. The molecule has 1 nitrogen and oxygen atoms in total. The predicted octanol–water partition coefficient (Wildman–Crippen LogP) is 3.75. The van der Waals surface area contributed by atoms with Gasteiger partial charge in [0.05, 0.1) is 5.60 Å². The maximum atomic E-state index is 10.6. The Kier molecular flexibility index (Phi) is 3.63. The molecule has 0 amide bonds. The van der Waals surface area contributed by atoms with Crippen molar-refractivity contribution < 1.29 is 5.11 Å². The highest BCUT2D eigenvalue weighted by Gasteiger charge is 2.41. The van der Waals surface area contributed by atoms with Gasteiger partial charge in [-0.2, -0.15) is 0 Å². The van der Waals surface area contributed by atoms with Crippen LogP contribution in [0.4, 0.5) is 0 Å². The lowest BCUT2D eigenvalue weighted by atomic mass is 9.65. The minimum atomic E-state index is -0.377. The molecule has 14 heavy (non-hydrogen) atoms. The monoisotopic (exact) mass is 198 g/mol. The molecule has 1 heteroatoms. The highest BCUT2D eigenvalue weighted by atomic mass is 16.3. The predicted molar refractivity (Wildman–Crippen MR) is 61.3 cm³/mol. The molecule has 0 spiro atoms. The van der Waals surface area contributed by atoms with Crippen LogP contribution in [0.5, 0.6) is 0 Å². The fourth-order valence-corrected chi connectivity index (χ4v) is 3.00. The summed E-state index contributed by atoms with van der Waals surface area (Å²) >= 11 is 0. The maximum absolute atomic E-state index is 10.6. The zero-order valence-corrected chi connectivity index (χ0v) is 10.3. The Morgan fingerprint density at radius 2 is 1.93 bits per heavy atom. The molecule has 0 bridgehead atoms. The van der Waals surface area contributed by atoms with Crippen LogP contribution in [0, 0.1) is 11.3 Å². The van der Waals surface area contributed by atoms with E-state index in [1.165, 1.54) is 19.3 Å². The maximum Gasteiger partial charge on any atom is 0.0678 e. The van der Waals surface area contributed by atoms with Crippen LogP contribution in [-0.4, -0.2) is 10.7 Å². The van der Waals surface area contributed by atoms with Crippen LogP contribution >= 0.6 is 0 Å². The molecular weight excluding hydrogens is 172 g/mol. The average Bonchev–Trinajstić information content (AvgIpc) is 2.02. The summed E-state index contributed by atoms with van der Waals surface area (Å²) in [6, 6.07) is 0. The Labute approximate surface area is 88.9 Å². The molecular formula is C13H26O. The summed E-state index contributed by atoms with van der Waals surface area (Å²) in [5, 5.41) is 10.6. The van der Waals surface area contributed by atoms with Gasteiger partial charge >= 0.3 is 0 Å². The Balaban J connectivity index is 2.63. The molecule has 1 aliphatic carbocycles. The molecule has 0 heterocycles. The van der Waals surface area contributed by atoms with E-state index in [2.05, 4.69) is 27.7 Å². The second kappa shape index (κ2) is 4.22. The lowest BCUT2D eigenvalue weighted by Crippen LogP contribution is -2.44. The van der Waals surface area contributed by atoms with Gasteiger partial charge in [-0.25, -0.2) is 0 Å². The molecule has 0 aliphatic heterocycles. The van der Waals surface area contributed by atoms with Gasteiger partial charge in [-0.3, -0.25) is 0 Å². The number of rotatable bonds is 3. The van der Waals surface area contributed by atoms with Crippen molar-refractivity contribution in [2.75, 3.05) is 0 Å². The molecule has 1 rings (SSSR count). The van der Waals surface area contributed by atoms with Crippen molar-refractivity contribution in [1.29, 1.82) is 0 Å². The number of hydrogen-bond acceptors (Lipinski definition) is 1. The van der Waals surface area contributed by atoms with Crippen molar-refractivity contribution in [2.45, 2.75) is 71.8 Å². The summed E-state index contributed by atoms with van der Waals surface area (Å²) in [4.78, 5) is 0. The average molecular weight is 198 g/mol. The van der Waals surface area contributed by atoms with E-state index in [4.69, 9.17) is 0 Å². The van der Waals surface area contributed by atoms with Gasteiger partial charge in [0.25, 0.3) is 0 Å². The van der Waals surface area contributed by atoms with E-state index in [-0.39, 0.29) is 5.60 Å². The molecule has 2 atom stereocenters. The van der Waals surface area contributed by atoms with Gasteiger partial charge in [-0.15, -0.1) is 0 Å². The summed E-state index contributed by atoms with van der Waals surface area (Å²) in [5.74, 6) is 0.465. The standard InChI is InChI=1S/C13H26O/c1-5-7-11(2)13(14)9-6-8-12(3,4)10-13/h11,14H,5-10H2,1-4H3. The van der Waals surface area contributed by atoms with Crippen molar-refractivity contribution in [3.8, 4) is 0 Å². The van der Waals surface area contributed by atoms with Crippen molar-refractivity contribution in [2.24, 2.45) is 11.3 Å². The van der Waals surface area contributed by atoms with E-state index in [0.29, 0.717) is 11.3 Å². The molecule has 2 unspecified atom stereocenters. The molecule has 0 radical (unpaired) electrons. The minimum absolute atomic E-state index is 0.342. The molecule has 0 saturated heterocycles. The van der Waals surface area contributed by atoms with Crippen LogP contribution in [0.15, 0.2) is 0 Å². The largest absolute Gasteiger partial charge is 0.390 e. The SMILES string of the molecule is CCCC(C)C1(O)CCCC(C)(C)C1. The number of aliphatic hydroxyl groups is 1. The molecule has 1 saturated carbocycles. The van der Waals surface area contributed by atoms with Gasteiger partial charge in [0.1, 0.15) is 0 Å². The lowest BCUT2D eigenvalue weighted by molar-refractivity contribution is -0.0803. The highest BCUT2D eigenvalue weighted by Crippen LogP contribution is 2.45. The van der Waals surface area contributed by atoms with Crippen LogP contribution in [0.25, 0.3) is 0 Å². The molecule has 1 aliphatic rings. The fourth-order valence-electron chi connectivity index (χ4n) is 3.00. The molecule has 1 fully saturated rings. The second-order valence-electron chi connectivity index (χ2n) is 5.99. The summed E-state index contributed by atoms with van der Waals surface area (Å²) in [6.07, 6.45) is 6.81. The normalized spacial score (nSPS) is 34.1. The van der Waals surface area contributed by atoms with Crippen LogP contribution in [0.1, 0.15) is 66.2 Å². The van der Waals surface area contributed by atoms with Crippen molar-refractivity contribution in [3.05, 3.63) is 0 Å². The molecule has 84 valence electrons. The topological polar surface area (TPSA) is 20.2 Å². The highest BCUT2D eigenvalue weighted by molar-refractivity contribution is 4.93. The van der Waals surface area contributed by atoms with E-state index >= 15 is 0 Å². The van der Waals surface area contributed by atoms with Gasteiger partial charge in [-0.1, -0.05) is 40.5 Å². The quantitative estimate of drug-likeness (QED) is 0.732. The minimum Gasteiger partial charge on any atom is -0.390 e. The molecule has 1 N–H and O–H groups in total. The first-order chi connectivity index (χ1) is 6.40. The smallest absolute Gasteiger partial charge is 0.0678 e. The first-order valence-corrected chi connectivity index (χ1v) is 6.12. The van der Waals surface area contributed by atoms with Gasteiger partial charge in [-0.05, 0) is 37.0 Å². The summed E-state index contributed by atoms with van der Waals surface area (Å²) in [5.41, 5.74) is -0.0350. The van der Waals surface area contributed by atoms with Crippen molar-refractivity contribution >= 4 is 0 Å². The zero-order chi connectivity index (χ0) is 10.8. The third kappa shape index (κ3) is 2.73. The van der Waals surface area contributed by atoms with E-state index < -0.39 is 0 Å². The van der Waals surface area contributed by atoms with Gasteiger partial charge in [0.15, 0.2) is 0 Å². The number of hydrogen-bond donors (Lipinski definition) is 1. The molecule has 0 aromatic rings. The van der Waals surface area contributed by atoms with E-state index in [0.717, 1.165) is 19.3 Å². The van der Waals surface area contributed by atoms with Gasteiger partial charge < -0.3 is 5.11 Å². The van der Waals surface area contributed by atoms with Crippen LogP contribution < -0.4 is 0 Å². The van der Waals surface area contributed by atoms with E-state index in [1.807, 2.05) is 0 Å². The first kappa shape index (κ1) is 12.0. The molecule has 0 aromatic heterocycles. The third-order valence-corrected chi connectivity index (χ3v) is 3.89. The molecule has 0 aromatic carbocycles. The summed E-state index contributed by atoms with van der Waals surface area (Å²) in [7, 11) is 0. The van der Waals surface area contributed by atoms with Crippen LogP contribution in [0.2, 0.25) is 0 Å². The van der Waals surface area contributed by atoms with Crippen molar-refractivity contribution in [3.63, 3.8) is 0 Å². The lowest BCUT2D eigenvalue weighted by Gasteiger charge is -2.45. The Hall–Kier alpha value is -0.0400. The summed E-state index contributed by atoms with van der Waals surface area (Å²) < 4.78 is 0. The van der Waals surface area contributed by atoms with Gasteiger partial charge in [0.2, 0.25) is 0 Å². The Morgan fingerprint density at radius 3 is 2.43 bits per heavy atom. The van der Waals surface area contributed by atoms with E-state index in [1.54, 1.807) is 0 Å². The van der Waals surface area contributed by atoms with Crippen molar-refractivity contribution in [1.82, 2.24) is 0 Å². The second-order valence-corrected chi connectivity index (χ2v) is 5.99. The summed E-state index contributed by atoms with van der Waals surface area (Å²) in [6.45, 7) is 8.99. The van der Waals surface area contributed by atoms with Gasteiger partial charge in [0, 0.05) is 0 Å². The zero-order valence-electron chi connectivity index (χ0n) is 10.3. The van der Waals surface area contributed by atoms with E-state index in [9.17, 15) is 5.11 Å².